The highest BCUT2D eigenvalue weighted by Crippen LogP contribution is 2.18. The molecular formula is C64H123NO5. The maximum atomic E-state index is 12.4. The van der Waals surface area contributed by atoms with Gasteiger partial charge in [-0.1, -0.05) is 301 Å². The average molecular weight is 987 g/mol. The highest BCUT2D eigenvalue weighted by Gasteiger charge is 2.20. The van der Waals surface area contributed by atoms with Crippen molar-refractivity contribution < 1.29 is 24.5 Å². The molecule has 0 aromatic heterocycles. The topological polar surface area (TPSA) is 95.9 Å². The molecule has 0 bridgehead atoms. The zero-order valence-electron chi connectivity index (χ0n) is 47.3. The van der Waals surface area contributed by atoms with Crippen LogP contribution < -0.4 is 5.32 Å². The fourth-order valence-electron chi connectivity index (χ4n) is 9.91. The molecule has 0 aromatic rings. The summed E-state index contributed by atoms with van der Waals surface area (Å²) in [6.45, 7) is 4.96. The van der Waals surface area contributed by atoms with Crippen molar-refractivity contribution in [1.82, 2.24) is 5.32 Å². The Morgan fingerprint density at radius 1 is 0.400 bits per heavy atom. The van der Waals surface area contributed by atoms with Crippen LogP contribution in [0.1, 0.15) is 348 Å². The first kappa shape index (κ1) is 68.3. The van der Waals surface area contributed by atoms with Crippen LogP contribution in [0.15, 0.2) is 24.3 Å². The van der Waals surface area contributed by atoms with Gasteiger partial charge in [-0.05, 0) is 57.8 Å². The monoisotopic (exact) mass is 986 g/mol. The number of amides is 1. The van der Waals surface area contributed by atoms with E-state index in [1.165, 1.54) is 270 Å². The van der Waals surface area contributed by atoms with Crippen LogP contribution in [0.3, 0.4) is 0 Å². The number of allylic oxidation sites excluding steroid dienone is 4. The van der Waals surface area contributed by atoms with Crippen molar-refractivity contribution in [3.63, 3.8) is 0 Å². The van der Waals surface area contributed by atoms with Gasteiger partial charge in [-0.2, -0.15) is 0 Å². The number of aliphatic hydroxyl groups excluding tert-OH is 2. The molecule has 0 radical (unpaired) electrons. The van der Waals surface area contributed by atoms with E-state index in [2.05, 4.69) is 43.5 Å². The number of ether oxygens (including phenoxy) is 1. The number of nitrogens with one attached hydrogen (secondary N) is 1. The van der Waals surface area contributed by atoms with Crippen LogP contribution >= 0.6 is 0 Å². The second-order valence-corrected chi connectivity index (χ2v) is 21.7. The van der Waals surface area contributed by atoms with Gasteiger partial charge in [-0.3, -0.25) is 9.59 Å². The number of aliphatic hydroxyl groups is 2. The molecule has 0 aliphatic heterocycles. The summed E-state index contributed by atoms with van der Waals surface area (Å²) < 4.78 is 5.49. The molecule has 6 nitrogen and oxygen atoms in total. The van der Waals surface area contributed by atoms with Crippen LogP contribution in [0, 0.1) is 0 Å². The number of unbranched alkanes of at least 4 members (excludes halogenated alkanes) is 44. The lowest BCUT2D eigenvalue weighted by Gasteiger charge is -2.22. The maximum absolute atomic E-state index is 12.4. The van der Waals surface area contributed by atoms with Crippen molar-refractivity contribution in [3.05, 3.63) is 24.3 Å². The summed E-state index contributed by atoms with van der Waals surface area (Å²) in [6, 6.07) is -0.542. The Balaban J connectivity index is 3.39. The molecule has 414 valence electrons. The van der Waals surface area contributed by atoms with Crippen LogP contribution in [0.2, 0.25) is 0 Å². The third-order valence-electron chi connectivity index (χ3n) is 14.8. The molecule has 0 spiro atoms. The zero-order chi connectivity index (χ0) is 50.7. The summed E-state index contributed by atoms with van der Waals surface area (Å²) in [5.74, 6) is -0.0243. The van der Waals surface area contributed by atoms with E-state index in [0.29, 0.717) is 25.9 Å². The summed E-state index contributed by atoms with van der Waals surface area (Å²) >= 11 is 0. The smallest absolute Gasteiger partial charge is 0.305 e. The minimum Gasteiger partial charge on any atom is -0.466 e. The van der Waals surface area contributed by atoms with E-state index in [-0.39, 0.29) is 18.5 Å². The van der Waals surface area contributed by atoms with E-state index in [4.69, 9.17) is 4.74 Å². The predicted octanol–water partition coefficient (Wildman–Crippen LogP) is 19.8. The Morgan fingerprint density at radius 2 is 0.714 bits per heavy atom. The Bertz CT molecular complexity index is 1090. The predicted molar refractivity (Wildman–Crippen MR) is 306 cm³/mol. The lowest BCUT2D eigenvalue weighted by Crippen LogP contribution is -2.45. The molecule has 2 unspecified atom stereocenters. The Morgan fingerprint density at radius 3 is 1.09 bits per heavy atom. The first-order chi connectivity index (χ1) is 34.5. The number of rotatable bonds is 59. The van der Waals surface area contributed by atoms with Crippen molar-refractivity contribution >= 4 is 11.9 Å². The average Bonchev–Trinajstić information content (AvgIpc) is 3.36. The second kappa shape index (κ2) is 59.9. The largest absolute Gasteiger partial charge is 0.466 e. The SMILES string of the molecule is CCCCCCCCCCCCCCCCCC(=O)OCCCCCCCCCCC/C=C\C/C=C\CCCCCCCCCCCCCC(=O)NC(CO)C(O)CCCCCCCCCCCCC. The molecule has 0 fully saturated rings. The molecule has 2 atom stereocenters. The zero-order valence-corrected chi connectivity index (χ0v) is 47.3. The van der Waals surface area contributed by atoms with E-state index < -0.39 is 12.1 Å². The van der Waals surface area contributed by atoms with Crippen LogP contribution in [0.4, 0.5) is 0 Å². The third-order valence-corrected chi connectivity index (χ3v) is 14.8. The van der Waals surface area contributed by atoms with E-state index >= 15 is 0 Å². The molecule has 0 rings (SSSR count). The molecule has 0 saturated carbocycles. The van der Waals surface area contributed by atoms with Crippen molar-refractivity contribution in [1.29, 1.82) is 0 Å². The summed E-state index contributed by atoms with van der Waals surface area (Å²) in [6.07, 6.45) is 73.4. The number of carbonyl (C=O) groups is 2. The quantitative estimate of drug-likeness (QED) is 0.0321. The minimum atomic E-state index is -0.664. The van der Waals surface area contributed by atoms with Gasteiger partial charge in [0.15, 0.2) is 0 Å². The van der Waals surface area contributed by atoms with Gasteiger partial charge in [0.05, 0.1) is 25.4 Å². The molecular weight excluding hydrogens is 863 g/mol. The molecule has 0 aliphatic rings. The number of hydrogen-bond donors (Lipinski definition) is 3. The van der Waals surface area contributed by atoms with Gasteiger partial charge in [-0.15, -0.1) is 0 Å². The first-order valence-electron chi connectivity index (χ1n) is 31.6. The molecule has 6 heteroatoms. The summed E-state index contributed by atoms with van der Waals surface area (Å²) in [5, 5.41) is 23.2. The van der Waals surface area contributed by atoms with Crippen LogP contribution in [0.5, 0.6) is 0 Å². The van der Waals surface area contributed by atoms with Gasteiger partial charge in [-0.25, -0.2) is 0 Å². The van der Waals surface area contributed by atoms with Crippen molar-refractivity contribution in [2.24, 2.45) is 0 Å². The van der Waals surface area contributed by atoms with E-state index in [9.17, 15) is 19.8 Å². The fraction of sp³-hybridized carbons (Fsp3) is 0.906. The Hall–Kier alpha value is -1.66. The second-order valence-electron chi connectivity index (χ2n) is 21.7. The lowest BCUT2D eigenvalue weighted by molar-refractivity contribution is -0.143. The molecule has 0 aliphatic carbocycles. The van der Waals surface area contributed by atoms with Crippen molar-refractivity contribution in [2.45, 2.75) is 360 Å². The Kier molecular flexibility index (Phi) is 58.5. The van der Waals surface area contributed by atoms with Gasteiger partial charge in [0.2, 0.25) is 5.91 Å². The van der Waals surface area contributed by atoms with Crippen molar-refractivity contribution in [3.8, 4) is 0 Å². The van der Waals surface area contributed by atoms with Gasteiger partial charge in [0.1, 0.15) is 0 Å². The fourth-order valence-corrected chi connectivity index (χ4v) is 9.91. The molecule has 0 saturated heterocycles. The Labute approximate surface area is 437 Å². The number of hydrogen-bond acceptors (Lipinski definition) is 5. The molecule has 70 heavy (non-hydrogen) atoms. The van der Waals surface area contributed by atoms with E-state index in [0.717, 1.165) is 44.9 Å². The summed E-state index contributed by atoms with van der Waals surface area (Å²) in [4.78, 5) is 24.5. The lowest BCUT2D eigenvalue weighted by atomic mass is 10.0. The highest BCUT2D eigenvalue weighted by atomic mass is 16.5. The molecule has 0 aromatic carbocycles. The third kappa shape index (κ3) is 55.7. The standard InChI is InChI=1S/C64H123NO5/c1-3-5-7-9-11-13-15-16-30-34-38-42-46-50-54-58-64(69)70-59-55-51-47-43-39-35-32-29-27-25-23-21-19-17-18-20-22-24-26-28-31-33-37-41-45-49-53-57-63(68)65-61(60-66)62(67)56-52-48-44-40-36-14-12-10-8-6-4-2/h17-18,21,23,61-62,66-67H,3-16,19-20,22,24-60H2,1-2H3,(H,65,68)/b18-17-,23-21-. The van der Waals surface area contributed by atoms with Gasteiger partial charge < -0.3 is 20.3 Å². The van der Waals surface area contributed by atoms with Gasteiger partial charge in [0.25, 0.3) is 0 Å². The van der Waals surface area contributed by atoms with Crippen LogP contribution in [-0.2, 0) is 14.3 Å². The highest BCUT2D eigenvalue weighted by molar-refractivity contribution is 5.76. The molecule has 0 heterocycles. The van der Waals surface area contributed by atoms with Crippen LogP contribution in [-0.4, -0.2) is 47.4 Å². The number of esters is 1. The summed E-state index contributed by atoms with van der Waals surface area (Å²) in [7, 11) is 0. The van der Waals surface area contributed by atoms with E-state index in [1.54, 1.807) is 0 Å². The number of carbonyl (C=O) groups excluding carboxylic acids is 2. The molecule has 1 amide bonds. The molecule has 3 N–H and O–H groups in total. The van der Waals surface area contributed by atoms with Crippen molar-refractivity contribution in [2.75, 3.05) is 13.2 Å². The van der Waals surface area contributed by atoms with E-state index in [1.807, 2.05) is 0 Å². The summed E-state index contributed by atoms with van der Waals surface area (Å²) in [5.41, 5.74) is 0. The first-order valence-corrected chi connectivity index (χ1v) is 31.6. The van der Waals surface area contributed by atoms with Crippen LogP contribution in [0.25, 0.3) is 0 Å². The van der Waals surface area contributed by atoms with Gasteiger partial charge >= 0.3 is 5.97 Å². The minimum absolute atomic E-state index is 0.0138. The normalized spacial score (nSPS) is 12.7. The van der Waals surface area contributed by atoms with Gasteiger partial charge in [0, 0.05) is 12.8 Å². The maximum Gasteiger partial charge on any atom is 0.305 e.